The van der Waals surface area contributed by atoms with Gasteiger partial charge in [0.2, 0.25) is 5.91 Å². The summed E-state index contributed by atoms with van der Waals surface area (Å²) in [6.45, 7) is 3.37. The Morgan fingerprint density at radius 2 is 1.58 bits per heavy atom. The molecule has 3 aromatic carbocycles. The molecule has 196 valence electrons. The van der Waals surface area contributed by atoms with Crippen molar-refractivity contribution in [2.24, 2.45) is 5.41 Å². The fourth-order valence-electron chi connectivity index (χ4n) is 4.15. The minimum atomic E-state index is -2.88. The van der Waals surface area contributed by atoms with E-state index in [4.69, 9.17) is 0 Å². The van der Waals surface area contributed by atoms with Gasteiger partial charge in [-0.2, -0.15) is 8.78 Å². The van der Waals surface area contributed by atoms with Crippen LogP contribution in [0, 0.1) is 5.41 Å². The number of halogens is 2. The molecule has 0 fully saturated rings. The minimum Gasteiger partial charge on any atom is -0.478 e. The molecule has 1 aromatic heterocycles. The molecule has 0 saturated carbocycles. The van der Waals surface area contributed by atoms with E-state index >= 15 is 0 Å². The Balaban J connectivity index is 1.65. The van der Waals surface area contributed by atoms with Crippen molar-refractivity contribution in [2.45, 2.75) is 40.3 Å². The van der Waals surface area contributed by atoms with Crippen molar-refractivity contribution in [3.8, 4) is 16.9 Å². The van der Waals surface area contributed by atoms with Crippen molar-refractivity contribution in [1.82, 2.24) is 4.98 Å². The Bertz CT molecular complexity index is 1450. The van der Waals surface area contributed by atoms with E-state index in [1.54, 1.807) is 41.4 Å². The van der Waals surface area contributed by atoms with Gasteiger partial charge in [0.05, 0.1) is 12.1 Å². The number of carboxylic acids is 1. The zero-order valence-corrected chi connectivity index (χ0v) is 21.3. The molecule has 0 bridgehead atoms. The molecule has 1 heterocycles. The van der Waals surface area contributed by atoms with Crippen molar-refractivity contribution in [2.75, 3.05) is 4.90 Å². The van der Waals surface area contributed by atoms with Crippen molar-refractivity contribution in [1.29, 1.82) is 0 Å². The lowest BCUT2D eigenvalue weighted by atomic mass is 9.91. The molecule has 1 amide bonds. The molecule has 0 atom stereocenters. The molecule has 4 rings (SSSR count). The summed E-state index contributed by atoms with van der Waals surface area (Å²) < 4.78 is 29.3. The van der Waals surface area contributed by atoms with Crippen LogP contribution < -0.4 is 9.64 Å². The molecule has 4 aromatic rings. The van der Waals surface area contributed by atoms with Crippen LogP contribution in [0.25, 0.3) is 21.9 Å². The number of hydrogen-bond donors (Lipinski definition) is 1. The Morgan fingerprint density at radius 3 is 2.16 bits per heavy atom. The van der Waals surface area contributed by atoms with Crippen LogP contribution in [0.1, 0.15) is 43.1 Å². The quantitative estimate of drug-likeness (QED) is 0.267. The topological polar surface area (TPSA) is 79.7 Å². The summed E-state index contributed by atoms with van der Waals surface area (Å²) in [6.07, 6.45) is 1.87. The molecular weight excluding hydrogens is 490 g/mol. The number of aromatic carboxylic acids is 1. The van der Waals surface area contributed by atoms with Gasteiger partial charge in [0.15, 0.2) is 0 Å². The van der Waals surface area contributed by atoms with E-state index in [1.165, 1.54) is 18.2 Å². The maximum absolute atomic E-state index is 13.5. The summed E-state index contributed by atoms with van der Waals surface area (Å²) in [5.74, 6) is -0.570. The highest BCUT2D eigenvalue weighted by Crippen LogP contribution is 2.30. The van der Waals surface area contributed by atoms with Crippen molar-refractivity contribution in [3.63, 3.8) is 0 Å². The van der Waals surface area contributed by atoms with Gasteiger partial charge in [-0.25, -0.2) is 9.78 Å². The van der Waals surface area contributed by atoms with E-state index < -0.39 is 12.6 Å². The van der Waals surface area contributed by atoms with E-state index in [-0.39, 0.29) is 29.2 Å². The van der Waals surface area contributed by atoms with E-state index in [0.29, 0.717) is 23.0 Å². The van der Waals surface area contributed by atoms with Crippen LogP contribution in [0.2, 0.25) is 0 Å². The van der Waals surface area contributed by atoms with E-state index in [9.17, 15) is 23.5 Å². The van der Waals surface area contributed by atoms with E-state index in [0.717, 1.165) is 16.7 Å². The maximum atomic E-state index is 13.5. The van der Waals surface area contributed by atoms with E-state index in [1.807, 2.05) is 45.0 Å². The number of carboxylic acid groups (broad SMARTS) is 1. The van der Waals surface area contributed by atoms with Gasteiger partial charge in [-0.1, -0.05) is 57.2 Å². The summed E-state index contributed by atoms with van der Waals surface area (Å²) in [7, 11) is 0. The molecule has 6 nitrogen and oxygen atoms in total. The molecule has 0 aliphatic carbocycles. The number of pyridine rings is 1. The molecule has 0 unspecified atom stereocenters. The zero-order chi connectivity index (χ0) is 27.4. The average Bonchev–Trinajstić information content (AvgIpc) is 2.86. The Kier molecular flexibility index (Phi) is 7.71. The molecule has 1 N–H and O–H groups in total. The monoisotopic (exact) mass is 518 g/mol. The Hall–Kier alpha value is -4.33. The maximum Gasteiger partial charge on any atom is 0.387 e. The fraction of sp³-hybridized carbons (Fsp3) is 0.233. The number of anilines is 1. The highest BCUT2D eigenvalue weighted by molar-refractivity contribution is 6.04. The van der Waals surface area contributed by atoms with Gasteiger partial charge >= 0.3 is 12.6 Å². The van der Waals surface area contributed by atoms with Crippen LogP contribution >= 0.6 is 0 Å². The highest BCUT2D eigenvalue weighted by Gasteiger charge is 2.25. The van der Waals surface area contributed by atoms with Gasteiger partial charge in [-0.15, -0.1) is 0 Å². The summed E-state index contributed by atoms with van der Waals surface area (Å²) in [5.41, 5.74) is 2.50. The number of carbonyl (C=O) groups is 2. The lowest BCUT2D eigenvalue weighted by molar-refractivity contribution is -0.120. The largest absolute Gasteiger partial charge is 0.478 e. The third kappa shape index (κ3) is 6.51. The predicted molar refractivity (Wildman–Crippen MR) is 142 cm³/mol. The third-order valence-electron chi connectivity index (χ3n) is 5.94. The normalized spacial score (nSPS) is 11.5. The molecule has 0 radical (unpaired) electrons. The number of amides is 1. The molecule has 38 heavy (non-hydrogen) atoms. The summed E-state index contributed by atoms with van der Waals surface area (Å²) in [5, 5.41) is 10.7. The van der Waals surface area contributed by atoms with Crippen LogP contribution in [-0.2, 0) is 11.3 Å². The van der Waals surface area contributed by atoms with Gasteiger partial charge in [-0.3, -0.25) is 9.69 Å². The van der Waals surface area contributed by atoms with Crippen LogP contribution in [0.5, 0.6) is 5.75 Å². The number of rotatable bonds is 8. The number of hydrogen-bond acceptors (Lipinski definition) is 4. The van der Waals surface area contributed by atoms with Gasteiger partial charge < -0.3 is 9.84 Å². The van der Waals surface area contributed by atoms with Crippen LogP contribution in [0.15, 0.2) is 79.0 Å². The molecule has 8 heteroatoms. The standard InChI is InChI=1S/C30H28F2N2O4/c1-30(2,3)17-26(35)34(27-25-13-10-23(28(36)37)16-22(25)14-15-33-27)18-19-4-6-20(7-5-19)21-8-11-24(12-9-21)38-29(31)32/h4-16,29H,17-18H2,1-3H3,(H,36,37). The predicted octanol–water partition coefficient (Wildman–Crippen LogP) is 7.17. The number of ether oxygens (including phenoxy) is 1. The van der Waals surface area contributed by atoms with Crippen LogP contribution in [-0.4, -0.2) is 28.6 Å². The summed E-state index contributed by atoms with van der Waals surface area (Å²) >= 11 is 0. The summed E-state index contributed by atoms with van der Waals surface area (Å²) in [4.78, 5) is 31.1. The number of nitrogens with zero attached hydrogens (tertiary/aromatic N) is 2. The SMILES string of the molecule is CC(C)(C)CC(=O)N(Cc1ccc(-c2ccc(OC(F)F)cc2)cc1)c1nccc2cc(C(=O)O)ccc12. The van der Waals surface area contributed by atoms with Crippen LogP contribution in [0.4, 0.5) is 14.6 Å². The third-order valence-corrected chi connectivity index (χ3v) is 5.94. The first-order valence-electron chi connectivity index (χ1n) is 12.1. The minimum absolute atomic E-state index is 0.0893. The molecule has 0 saturated heterocycles. The van der Waals surface area contributed by atoms with Gasteiger partial charge in [0.25, 0.3) is 0 Å². The number of carbonyl (C=O) groups excluding carboxylic acids is 1. The van der Waals surface area contributed by atoms with E-state index in [2.05, 4.69) is 9.72 Å². The molecule has 0 aliphatic heterocycles. The Morgan fingerprint density at radius 1 is 0.947 bits per heavy atom. The van der Waals surface area contributed by atoms with Crippen molar-refractivity contribution >= 4 is 28.5 Å². The molecule has 0 aliphatic rings. The average molecular weight is 519 g/mol. The number of fused-ring (bicyclic) bond motifs is 1. The second-order valence-corrected chi connectivity index (χ2v) is 10.2. The smallest absolute Gasteiger partial charge is 0.387 e. The van der Waals surface area contributed by atoms with Crippen LogP contribution in [0.3, 0.4) is 0 Å². The highest BCUT2D eigenvalue weighted by atomic mass is 19.3. The second kappa shape index (κ2) is 11.0. The molecular formula is C30H28F2N2O4. The first-order valence-corrected chi connectivity index (χ1v) is 12.1. The zero-order valence-electron chi connectivity index (χ0n) is 21.3. The number of benzene rings is 3. The van der Waals surface area contributed by atoms with Gasteiger partial charge in [-0.05, 0) is 63.9 Å². The molecule has 0 spiro atoms. The van der Waals surface area contributed by atoms with Crippen molar-refractivity contribution < 1.29 is 28.2 Å². The Labute approximate surface area is 219 Å². The number of alkyl halides is 2. The van der Waals surface area contributed by atoms with Gasteiger partial charge in [0, 0.05) is 18.0 Å². The summed E-state index contributed by atoms with van der Waals surface area (Å²) in [6, 6.07) is 20.5. The first-order chi connectivity index (χ1) is 18.0. The lowest BCUT2D eigenvalue weighted by Crippen LogP contribution is -2.34. The second-order valence-electron chi connectivity index (χ2n) is 10.2. The van der Waals surface area contributed by atoms with Gasteiger partial charge in [0.1, 0.15) is 11.6 Å². The van der Waals surface area contributed by atoms with Crippen molar-refractivity contribution in [3.05, 3.63) is 90.1 Å². The lowest BCUT2D eigenvalue weighted by Gasteiger charge is -2.27. The fourth-order valence-corrected chi connectivity index (χ4v) is 4.15. The first kappa shape index (κ1) is 26.7. The number of aromatic nitrogens is 1.